The molecule has 0 spiro atoms. The van der Waals surface area contributed by atoms with E-state index in [2.05, 4.69) is 32.2 Å². The summed E-state index contributed by atoms with van der Waals surface area (Å²) in [5.41, 5.74) is 1.40. The van der Waals surface area contributed by atoms with Crippen molar-refractivity contribution in [2.45, 2.75) is 65.0 Å². The second-order valence-electron chi connectivity index (χ2n) is 5.78. The van der Waals surface area contributed by atoms with Gasteiger partial charge in [0.2, 0.25) is 0 Å². The molecule has 0 saturated heterocycles. The topological polar surface area (TPSA) is 25.2 Å². The zero-order valence-electron chi connectivity index (χ0n) is 11.3. The quantitative estimate of drug-likeness (QED) is 0.832. The monoisotopic (exact) mass is 235 g/mol. The molecular weight excluding hydrogens is 210 g/mol. The van der Waals surface area contributed by atoms with E-state index in [9.17, 15) is 0 Å². The minimum Gasteiger partial charge on any atom is -0.469 e. The molecule has 2 rings (SSSR count). The maximum absolute atomic E-state index is 5.53. The van der Waals surface area contributed by atoms with E-state index in [0.29, 0.717) is 12.1 Å². The van der Waals surface area contributed by atoms with Crippen molar-refractivity contribution in [3.63, 3.8) is 0 Å². The molecule has 17 heavy (non-hydrogen) atoms. The lowest BCUT2D eigenvalue weighted by atomic mass is 9.92. The van der Waals surface area contributed by atoms with Gasteiger partial charge in [-0.1, -0.05) is 13.8 Å². The summed E-state index contributed by atoms with van der Waals surface area (Å²) >= 11 is 0. The number of furan rings is 1. The van der Waals surface area contributed by atoms with E-state index in [1.54, 1.807) is 0 Å². The highest BCUT2D eigenvalue weighted by atomic mass is 16.3. The Kier molecular flexibility index (Phi) is 4.27. The first-order chi connectivity index (χ1) is 8.16. The smallest absolute Gasteiger partial charge is 0.108 e. The Hall–Kier alpha value is -0.760. The van der Waals surface area contributed by atoms with Gasteiger partial charge < -0.3 is 9.73 Å². The predicted molar refractivity (Wildman–Crippen MR) is 71.1 cm³/mol. The number of hydrogen-bond acceptors (Lipinski definition) is 2. The molecule has 0 radical (unpaired) electrons. The Labute approximate surface area is 105 Å². The zero-order valence-corrected chi connectivity index (χ0v) is 11.3. The summed E-state index contributed by atoms with van der Waals surface area (Å²) in [6, 6.07) is 3.25. The predicted octanol–water partition coefficient (Wildman–Crippen LogP) is 4.07. The summed E-state index contributed by atoms with van der Waals surface area (Å²) < 4.78 is 5.53. The molecule has 1 heterocycles. The van der Waals surface area contributed by atoms with Crippen molar-refractivity contribution in [2.75, 3.05) is 0 Å². The SMILES string of the molecule is CC(C)CCC(C)NC1CCCc2occc21. The molecule has 1 aliphatic carbocycles. The third-order valence-electron chi connectivity index (χ3n) is 3.71. The van der Waals surface area contributed by atoms with Gasteiger partial charge in [0, 0.05) is 24.1 Å². The van der Waals surface area contributed by atoms with Crippen LogP contribution in [0.4, 0.5) is 0 Å². The molecule has 0 amide bonds. The molecule has 2 unspecified atom stereocenters. The number of aryl methyl sites for hydroxylation is 1. The first kappa shape index (κ1) is 12.7. The van der Waals surface area contributed by atoms with Crippen molar-refractivity contribution in [3.8, 4) is 0 Å². The molecule has 96 valence electrons. The van der Waals surface area contributed by atoms with Gasteiger partial charge in [-0.3, -0.25) is 0 Å². The van der Waals surface area contributed by atoms with Gasteiger partial charge in [0.05, 0.1) is 6.26 Å². The van der Waals surface area contributed by atoms with E-state index in [4.69, 9.17) is 4.42 Å². The molecule has 1 aromatic heterocycles. The van der Waals surface area contributed by atoms with E-state index in [1.165, 1.54) is 37.0 Å². The van der Waals surface area contributed by atoms with Gasteiger partial charge in [-0.05, 0) is 44.6 Å². The van der Waals surface area contributed by atoms with Gasteiger partial charge in [0.25, 0.3) is 0 Å². The first-order valence-corrected chi connectivity index (χ1v) is 6.99. The lowest BCUT2D eigenvalue weighted by molar-refractivity contribution is 0.359. The highest BCUT2D eigenvalue weighted by Crippen LogP contribution is 2.31. The molecule has 1 N–H and O–H groups in total. The summed E-state index contributed by atoms with van der Waals surface area (Å²) in [6.45, 7) is 6.89. The third-order valence-corrected chi connectivity index (χ3v) is 3.71. The lowest BCUT2D eigenvalue weighted by Gasteiger charge is -2.26. The Bertz CT molecular complexity index is 342. The average Bonchev–Trinajstić information content (AvgIpc) is 2.75. The fraction of sp³-hybridized carbons (Fsp3) is 0.733. The molecule has 0 aromatic carbocycles. The zero-order chi connectivity index (χ0) is 12.3. The fourth-order valence-corrected chi connectivity index (χ4v) is 2.67. The van der Waals surface area contributed by atoms with Crippen molar-refractivity contribution < 1.29 is 4.42 Å². The van der Waals surface area contributed by atoms with Gasteiger partial charge in [0.1, 0.15) is 5.76 Å². The highest BCUT2D eigenvalue weighted by molar-refractivity contribution is 5.24. The van der Waals surface area contributed by atoms with Crippen molar-refractivity contribution >= 4 is 0 Å². The highest BCUT2D eigenvalue weighted by Gasteiger charge is 2.23. The van der Waals surface area contributed by atoms with Gasteiger partial charge in [-0.25, -0.2) is 0 Å². The van der Waals surface area contributed by atoms with Gasteiger partial charge in [0.15, 0.2) is 0 Å². The van der Waals surface area contributed by atoms with Crippen molar-refractivity contribution in [1.29, 1.82) is 0 Å². The molecule has 0 bridgehead atoms. The van der Waals surface area contributed by atoms with Crippen LogP contribution < -0.4 is 5.32 Å². The van der Waals surface area contributed by atoms with Crippen LogP contribution in [-0.2, 0) is 6.42 Å². The lowest BCUT2D eigenvalue weighted by Crippen LogP contribution is -2.32. The number of fused-ring (bicyclic) bond motifs is 1. The molecular formula is C15H25NO. The van der Waals surface area contributed by atoms with E-state index in [-0.39, 0.29) is 0 Å². The molecule has 2 atom stereocenters. The number of hydrogen-bond donors (Lipinski definition) is 1. The number of rotatable bonds is 5. The van der Waals surface area contributed by atoms with Gasteiger partial charge in [-0.15, -0.1) is 0 Å². The fourth-order valence-electron chi connectivity index (χ4n) is 2.67. The molecule has 0 aliphatic heterocycles. The summed E-state index contributed by atoms with van der Waals surface area (Å²) in [4.78, 5) is 0. The van der Waals surface area contributed by atoms with Gasteiger partial charge >= 0.3 is 0 Å². The van der Waals surface area contributed by atoms with Crippen LogP contribution in [0, 0.1) is 5.92 Å². The molecule has 2 nitrogen and oxygen atoms in total. The third kappa shape index (κ3) is 3.35. The van der Waals surface area contributed by atoms with Crippen LogP contribution >= 0.6 is 0 Å². The van der Waals surface area contributed by atoms with Crippen LogP contribution in [0.3, 0.4) is 0 Å². The maximum Gasteiger partial charge on any atom is 0.108 e. The summed E-state index contributed by atoms with van der Waals surface area (Å²) in [5.74, 6) is 2.00. The largest absolute Gasteiger partial charge is 0.469 e. The molecule has 2 heteroatoms. The van der Waals surface area contributed by atoms with Crippen LogP contribution in [0.25, 0.3) is 0 Å². The van der Waals surface area contributed by atoms with Gasteiger partial charge in [-0.2, -0.15) is 0 Å². The van der Waals surface area contributed by atoms with Crippen LogP contribution in [-0.4, -0.2) is 6.04 Å². The molecule has 0 saturated carbocycles. The average molecular weight is 235 g/mol. The van der Waals surface area contributed by atoms with E-state index in [0.717, 1.165) is 12.3 Å². The van der Waals surface area contributed by atoms with Crippen LogP contribution in [0.2, 0.25) is 0 Å². The van der Waals surface area contributed by atoms with Crippen LogP contribution in [0.5, 0.6) is 0 Å². The van der Waals surface area contributed by atoms with Crippen molar-refractivity contribution in [3.05, 3.63) is 23.7 Å². The maximum atomic E-state index is 5.53. The Morgan fingerprint density at radius 1 is 1.35 bits per heavy atom. The normalized spacial score (nSPS) is 21.5. The molecule has 1 aromatic rings. The van der Waals surface area contributed by atoms with E-state index >= 15 is 0 Å². The number of nitrogens with one attached hydrogen (secondary N) is 1. The minimum atomic E-state index is 0.514. The van der Waals surface area contributed by atoms with Crippen LogP contribution in [0.1, 0.15) is 63.8 Å². The summed E-state index contributed by atoms with van der Waals surface area (Å²) in [7, 11) is 0. The second kappa shape index (κ2) is 5.72. The van der Waals surface area contributed by atoms with Crippen molar-refractivity contribution in [1.82, 2.24) is 5.32 Å². The van der Waals surface area contributed by atoms with Crippen molar-refractivity contribution in [2.24, 2.45) is 5.92 Å². The minimum absolute atomic E-state index is 0.514. The Balaban J connectivity index is 1.88. The summed E-state index contributed by atoms with van der Waals surface area (Å²) in [5, 5.41) is 3.76. The molecule has 0 fully saturated rings. The second-order valence-corrected chi connectivity index (χ2v) is 5.78. The Morgan fingerprint density at radius 3 is 2.94 bits per heavy atom. The molecule has 1 aliphatic rings. The van der Waals surface area contributed by atoms with E-state index < -0.39 is 0 Å². The standard InChI is InChI=1S/C15H25NO/c1-11(2)7-8-12(3)16-14-5-4-6-15-13(14)9-10-17-15/h9-12,14,16H,4-8H2,1-3H3. The van der Waals surface area contributed by atoms with E-state index in [1.807, 2.05) is 6.26 Å². The first-order valence-electron chi connectivity index (χ1n) is 6.99. The Morgan fingerprint density at radius 2 is 2.18 bits per heavy atom. The van der Waals surface area contributed by atoms with Crippen LogP contribution in [0.15, 0.2) is 16.7 Å². The summed E-state index contributed by atoms with van der Waals surface area (Å²) in [6.07, 6.45) is 8.01.